The molecular weight excluding hydrogens is 336 g/mol. The molecule has 0 bridgehead atoms. The number of carbonyl (C=O) groups excluding carboxylic acids is 3. The van der Waals surface area contributed by atoms with Gasteiger partial charge in [-0.2, -0.15) is 5.10 Å². The molecule has 1 amide bonds. The quantitative estimate of drug-likeness (QED) is 0.557. The first-order valence-corrected chi connectivity index (χ1v) is 7.83. The van der Waals surface area contributed by atoms with Crippen molar-refractivity contribution in [2.24, 2.45) is 0 Å². The molecule has 0 spiro atoms. The molecule has 0 fully saturated rings. The van der Waals surface area contributed by atoms with Crippen LogP contribution in [0.15, 0.2) is 42.7 Å². The van der Waals surface area contributed by atoms with Crippen molar-refractivity contribution < 1.29 is 19.1 Å². The Hall–Kier alpha value is -3.55. The maximum atomic E-state index is 12.3. The van der Waals surface area contributed by atoms with Gasteiger partial charge < -0.3 is 10.1 Å². The summed E-state index contributed by atoms with van der Waals surface area (Å²) < 4.78 is 6.55. The minimum Gasteiger partial charge on any atom is -0.452 e. The summed E-state index contributed by atoms with van der Waals surface area (Å²) in [7, 11) is 0. The molecule has 26 heavy (non-hydrogen) atoms. The van der Waals surface area contributed by atoms with Gasteiger partial charge in [0.25, 0.3) is 5.91 Å². The summed E-state index contributed by atoms with van der Waals surface area (Å²) in [4.78, 5) is 39.8. The molecule has 0 saturated carbocycles. The summed E-state index contributed by atoms with van der Waals surface area (Å²) in [6.07, 6.45) is 3.21. The van der Waals surface area contributed by atoms with Crippen LogP contribution in [0, 0.1) is 6.92 Å². The van der Waals surface area contributed by atoms with Gasteiger partial charge in [0.1, 0.15) is 5.56 Å². The molecule has 0 radical (unpaired) electrons. The highest BCUT2D eigenvalue weighted by Gasteiger charge is 2.20. The number of amides is 1. The number of nitrogens with one attached hydrogen (secondary N) is 1. The number of aromatic nitrogens is 3. The highest BCUT2D eigenvalue weighted by atomic mass is 16.5. The van der Waals surface area contributed by atoms with Crippen LogP contribution in [-0.4, -0.2) is 38.9 Å². The summed E-state index contributed by atoms with van der Waals surface area (Å²) >= 11 is 0. The van der Waals surface area contributed by atoms with Crippen LogP contribution in [0.2, 0.25) is 0 Å². The van der Waals surface area contributed by atoms with Crippen LogP contribution in [0.1, 0.15) is 33.3 Å². The van der Waals surface area contributed by atoms with Gasteiger partial charge in [0.2, 0.25) is 0 Å². The molecule has 2 heterocycles. The van der Waals surface area contributed by atoms with Crippen molar-refractivity contribution in [2.45, 2.75) is 13.8 Å². The summed E-state index contributed by atoms with van der Waals surface area (Å²) in [6.45, 7) is 2.64. The number of hydrogen-bond acceptors (Lipinski definition) is 6. The number of Topliss-reactive ketones (excluding diaryl/α,β-unsaturated/α-hetero) is 1. The Labute approximate surface area is 148 Å². The van der Waals surface area contributed by atoms with E-state index < -0.39 is 18.5 Å². The van der Waals surface area contributed by atoms with Gasteiger partial charge in [0.15, 0.2) is 18.0 Å². The molecule has 1 aromatic carbocycles. The van der Waals surface area contributed by atoms with Gasteiger partial charge in [-0.3, -0.25) is 9.59 Å². The van der Waals surface area contributed by atoms with Crippen LogP contribution < -0.4 is 5.32 Å². The lowest BCUT2D eigenvalue weighted by Crippen LogP contribution is -2.21. The second-order valence-electron chi connectivity index (χ2n) is 5.61. The average Bonchev–Trinajstić information content (AvgIpc) is 2.95. The van der Waals surface area contributed by atoms with E-state index in [1.54, 1.807) is 49.6 Å². The summed E-state index contributed by atoms with van der Waals surface area (Å²) in [5, 5.41) is 6.76. The minimum absolute atomic E-state index is 0.108. The molecular formula is C18H16N4O4. The van der Waals surface area contributed by atoms with Crippen molar-refractivity contribution >= 4 is 29.0 Å². The minimum atomic E-state index is -0.677. The zero-order valence-electron chi connectivity index (χ0n) is 14.2. The molecule has 132 valence electrons. The predicted molar refractivity (Wildman–Crippen MR) is 93.1 cm³/mol. The fourth-order valence-electron chi connectivity index (χ4n) is 2.45. The van der Waals surface area contributed by atoms with Gasteiger partial charge in [-0.05, 0) is 32.0 Å². The normalized spacial score (nSPS) is 10.5. The third-order valence-corrected chi connectivity index (χ3v) is 3.66. The van der Waals surface area contributed by atoms with E-state index in [-0.39, 0.29) is 11.3 Å². The number of hydrogen-bond donors (Lipinski definition) is 1. The van der Waals surface area contributed by atoms with Crippen LogP contribution in [0.5, 0.6) is 0 Å². The van der Waals surface area contributed by atoms with Crippen LogP contribution >= 0.6 is 0 Å². The van der Waals surface area contributed by atoms with Gasteiger partial charge in [0.05, 0.1) is 5.69 Å². The smallest absolute Gasteiger partial charge is 0.344 e. The van der Waals surface area contributed by atoms with Crippen molar-refractivity contribution in [2.75, 3.05) is 11.9 Å². The van der Waals surface area contributed by atoms with Gasteiger partial charge in [-0.25, -0.2) is 14.3 Å². The Morgan fingerprint density at radius 2 is 2.04 bits per heavy atom. The number of benzene rings is 1. The van der Waals surface area contributed by atoms with E-state index >= 15 is 0 Å². The standard InChI is InChI=1S/C18H16N4O4/c1-11-16(17-19-7-4-8-22(17)21-11)18(25)26-10-15(24)20-14-6-3-5-13(9-14)12(2)23/h3-9H,10H2,1-2H3,(H,20,24). The fourth-order valence-corrected chi connectivity index (χ4v) is 2.45. The number of carbonyl (C=O) groups is 3. The first-order valence-electron chi connectivity index (χ1n) is 7.83. The van der Waals surface area contributed by atoms with Crippen LogP contribution in [0.25, 0.3) is 5.65 Å². The second-order valence-corrected chi connectivity index (χ2v) is 5.61. The topological polar surface area (TPSA) is 103 Å². The lowest BCUT2D eigenvalue weighted by molar-refractivity contribution is -0.119. The Morgan fingerprint density at radius 1 is 1.23 bits per heavy atom. The maximum Gasteiger partial charge on any atom is 0.344 e. The Balaban J connectivity index is 1.66. The molecule has 0 saturated heterocycles. The number of ketones is 1. The number of esters is 1. The predicted octanol–water partition coefficient (Wildman–Crippen LogP) is 2.04. The van der Waals surface area contributed by atoms with E-state index in [4.69, 9.17) is 4.74 Å². The number of aryl methyl sites for hydroxylation is 1. The molecule has 2 aromatic heterocycles. The molecule has 3 rings (SSSR count). The highest BCUT2D eigenvalue weighted by Crippen LogP contribution is 2.14. The van der Waals surface area contributed by atoms with E-state index in [2.05, 4.69) is 15.4 Å². The SMILES string of the molecule is CC(=O)c1cccc(NC(=O)COC(=O)c2c(C)nn3cccnc23)c1. The number of rotatable bonds is 5. The average molecular weight is 352 g/mol. The highest BCUT2D eigenvalue weighted by molar-refractivity contribution is 6.00. The van der Waals surface area contributed by atoms with Gasteiger partial charge >= 0.3 is 5.97 Å². The summed E-state index contributed by atoms with van der Waals surface area (Å²) in [5.41, 5.74) is 1.98. The molecule has 1 N–H and O–H groups in total. The molecule has 8 nitrogen and oxygen atoms in total. The van der Waals surface area contributed by atoms with Crippen molar-refractivity contribution in [3.63, 3.8) is 0 Å². The molecule has 0 aliphatic carbocycles. The van der Waals surface area contributed by atoms with Crippen molar-refractivity contribution in [3.8, 4) is 0 Å². The third-order valence-electron chi connectivity index (χ3n) is 3.66. The van der Waals surface area contributed by atoms with Crippen LogP contribution in [0.3, 0.4) is 0 Å². The van der Waals surface area contributed by atoms with E-state index in [9.17, 15) is 14.4 Å². The molecule has 0 aliphatic heterocycles. The van der Waals surface area contributed by atoms with E-state index in [1.807, 2.05) is 0 Å². The van der Waals surface area contributed by atoms with E-state index in [0.29, 0.717) is 22.6 Å². The molecule has 0 aliphatic rings. The largest absolute Gasteiger partial charge is 0.452 e. The van der Waals surface area contributed by atoms with Crippen LogP contribution in [0.4, 0.5) is 5.69 Å². The number of ether oxygens (including phenoxy) is 1. The molecule has 3 aromatic rings. The Morgan fingerprint density at radius 3 is 2.81 bits per heavy atom. The lowest BCUT2D eigenvalue weighted by atomic mass is 10.1. The Bertz CT molecular complexity index is 1010. The Kier molecular flexibility index (Phi) is 4.74. The van der Waals surface area contributed by atoms with Crippen molar-refractivity contribution in [1.82, 2.24) is 14.6 Å². The first-order chi connectivity index (χ1) is 12.5. The summed E-state index contributed by atoms with van der Waals surface area (Å²) in [6, 6.07) is 8.20. The van der Waals surface area contributed by atoms with Crippen molar-refractivity contribution in [3.05, 3.63) is 59.5 Å². The molecule has 0 unspecified atom stereocenters. The fraction of sp³-hybridized carbons (Fsp3) is 0.167. The number of nitrogens with zero attached hydrogens (tertiary/aromatic N) is 3. The van der Waals surface area contributed by atoms with Gasteiger partial charge in [-0.1, -0.05) is 12.1 Å². The van der Waals surface area contributed by atoms with E-state index in [0.717, 1.165) is 0 Å². The zero-order valence-corrected chi connectivity index (χ0v) is 14.2. The van der Waals surface area contributed by atoms with Crippen LogP contribution in [-0.2, 0) is 9.53 Å². The van der Waals surface area contributed by atoms with Crippen molar-refractivity contribution in [1.29, 1.82) is 0 Å². The third kappa shape index (κ3) is 3.59. The monoisotopic (exact) mass is 352 g/mol. The lowest BCUT2D eigenvalue weighted by Gasteiger charge is -2.07. The maximum absolute atomic E-state index is 12.3. The number of anilines is 1. The molecule has 8 heteroatoms. The van der Waals surface area contributed by atoms with E-state index in [1.165, 1.54) is 11.4 Å². The molecule has 0 atom stereocenters. The first kappa shape index (κ1) is 17.3. The second kappa shape index (κ2) is 7.14. The van der Waals surface area contributed by atoms with Gasteiger partial charge in [0, 0.05) is 23.6 Å². The number of fused-ring (bicyclic) bond motifs is 1. The summed E-state index contributed by atoms with van der Waals surface area (Å²) in [5.74, 6) is -1.30. The van der Waals surface area contributed by atoms with Gasteiger partial charge in [-0.15, -0.1) is 0 Å². The zero-order chi connectivity index (χ0) is 18.7.